The predicted octanol–water partition coefficient (Wildman–Crippen LogP) is 6.40. The third-order valence-corrected chi connectivity index (χ3v) is 13.1. The average Bonchev–Trinajstić information content (AvgIpc) is 3.43. The Balaban J connectivity index is 0.000000203. The number of carbonyl (C=O) groups excluding carboxylic acids is 2. The molecule has 2 aliphatic heterocycles. The number of rotatable bonds is 13. The van der Waals surface area contributed by atoms with Crippen LogP contribution in [0.4, 0.5) is 34.6 Å². The molecule has 0 unspecified atom stereocenters. The molecule has 0 saturated carbocycles. The first kappa shape index (κ1) is 59.8. The van der Waals surface area contributed by atoms with Crippen LogP contribution in [0.1, 0.15) is 43.0 Å². The zero-order chi connectivity index (χ0) is 52.5. The third-order valence-electron chi connectivity index (χ3n) is 12.9. The van der Waals surface area contributed by atoms with Gasteiger partial charge in [-0.2, -0.15) is 0 Å². The molecule has 0 spiro atoms. The maximum absolute atomic E-state index is 12.9. The molecule has 17 nitrogen and oxygen atoms in total. The molecule has 6 heterocycles. The van der Waals surface area contributed by atoms with Crippen LogP contribution < -0.4 is 73.1 Å². The van der Waals surface area contributed by atoms with Gasteiger partial charge in [-0.15, -0.1) is 0 Å². The predicted molar refractivity (Wildman–Crippen MR) is 302 cm³/mol. The summed E-state index contributed by atoms with van der Waals surface area (Å²) in [7, 11) is 4.31. The van der Waals surface area contributed by atoms with E-state index in [-0.39, 0.29) is 62.8 Å². The number of carbonyl (C=O) groups is 2. The number of anilines is 6. The van der Waals surface area contributed by atoms with E-state index in [9.17, 15) is 9.59 Å². The van der Waals surface area contributed by atoms with E-state index in [1.165, 1.54) is 11.1 Å². The molecule has 10 rings (SSSR count). The van der Waals surface area contributed by atoms with E-state index in [0.717, 1.165) is 110 Å². The number of benzene rings is 4. The van der Waals surface area contributed by atoms with Gasteiger partial charge in [0.25, 0.3) is 11.1 Å². The summed E-state index contributed by atoms with van der Waals surface area (Å²) < 4.78 is 0. The summed E-state index contributed by atoms with van der Waals surface area (Å²) in [5, 5.41) is 9.10. The number of hydrogen-bond donors (Lipinski definition) is 4. The summed E-state index contributed by atoms with van der Waals surface area (Å²) in [4.78, 5) is 59.4. The number of nitrogens with zero attached hydrogens (tertiary/aromatic N) is 10. The Bertz CT molecular complexity index is 3130. The van der Waals surface area contributed by atoms with Crippen LogP contribution >= 0.6 is 11.6 Å². The second-order valence-electron chi connectivity index (χ2n) is 18.6. The molecule has 0 aliphatic carbocycles. The first-order valence-corrected chi connectivity index (χ1v) is 25.3. The standard InChI is InChI=1S/C29H31N7O.C16H15N5.C13H17ClN2O.K.H2O/c1-21-5-10-25(18-27(21)34-29-31-13-11-26(33-29)24-4-3-12-30-19-24)32-28(37)23-8-6-22(7-9-23)20-36-16-14-35(2)15-17-36;1-11-4-5-13(17)9-15(11)21-16-19-8-6-14(20-16)12-3-2-7-18-10-12;1-15-6-8-16(9-7-15)10-11-2-4-12(5-3-11)13(14)17;;/h3-13,18-19H,14-17,20H2,1-2H3,(H,32,37)(H,31,33,34);2-10H,17H2,1H3,(H,19,20,21);2-5H,6-10H2,1H3;;1H2/q;;;+1;/p-1. The number of likely N-dealkylation sites (N-methyl/N-ethyl adjacent to an activating group) is 2. The summed E-state index contributed by atoms with van der Waals surface area (Å²) >= 11 is 5.41. The quantitative estimate of drug-likeness (QED) is 0.0558. The Hall–Kier alpha value is -6.39. The SMILES string of the molecule is CN1CCN(Cc2ccc(C(=O)Cl)cc2)CC1.Cc1ccc(N)cc1Nc1nccc(-c2cccnc2)n1.Cc1ccc(NC(=O)c2ccc(CN3CCN(C)CC3)cc2)cc1Nc1nccc(-c2cccnc2)n1.[K+].[OH-]. The molecule has 6 N–H and O–H groups in total. The second kappa shape index (κ2) is 29.9. The van der Waals surface area contributed by atoms with Crippen LogP contribution in [0.3, 0.4) is 0 Å². The first-order valence-electron chi connectivity index (χ1n) is 24.9. The van der Waals surface area contributed by atoms with E-state index in [1.807, 2.05) is 123 Å². The number of hydrogen-bond acceptors (Lipinski definition) is 16. The van der Waals surface area contributed by atoms with Gasteiger partial charge in [0, 0.05) is 148 Å². The number of nitrogens with two attached hydrogens (primary N) is 1. The van der Waals surface area contributed by atoms with Crippen molar-refractivity contribution in [1.82, 2.24) is 49.5 Å². The Kier molecular flexibility index (Phi) is 23.3. The van der Waals surface area contributed by atoms with Crippen LogP contribution in [0.25, 0.3) is 22.5 Å². The molecule has 2 aliphatic rings. The number of pyridine rings is 2. The molecule has 2 fully saturated rings. The molecule has 2 saturated heterocycles. The van der Waals surface area contributed by atoms with Crippen LogP contribution in [0.15, 0.2) is 159 Å². The van der Waals surface area contributed by atoms with Crippen molar-refractivity contribution in [3.05, 3.63) is 192 Å². The van der Waals surface area contributed by atoms with Gasteiger partial charge in [-0.3, -0.25) is 29.4 Å². The smallest absolute Gasteiger partial charge is 0.870 e. The fourth-order valence-electron chi connectivity index (χ4n) is 8.27. The average molecular weight is 1080 g/mol. The number of aromatic nitrogens is 6. The summed E-state index contributed by atoms with van der Waals surface area (Å²) in [6, 6.07) is 38.3. The van der Waals surface area contributed by atoms with Crippen LogP contribution in [-0.4, -0.2) is 133 Å². The van der Waals surface area contributed by atoms with Crippen molar-refractivity contribution in [1.29, 1.82) is 0 Å². The molecular weight excluding hydrogens is 1020 g/mol. The van der Waals surface area contributed by atoms with Gasteiger partial charge in [0.1, 0.15) is 0 Å². The molecule has 0 atom stereocenters. The van der Waals surface area contributed by atoms with E-state index in [2.05, 4.69) is 79.5 Å². The second-order valence-corrected chi connectivity index (χ2v) is 19.0. The van der Waals surface area contributed by atoms with Gasteiger partial charge in [-0.25, -0.2) is 19.9 Å². The summed E-state index contributed by atoms with van der Waals surface area (Å²) in [5.41, 5.74) is 18.1. The van der Waals surface area contributed by atoms with Gasteiger partial charge >= 0.3 is 51.4 Å². The monoisotopic (exact) mass is 1080 g/mol. The van der Waals surface area contributed by atoms with E-state index in [4.69, 9.17) is 17.3 Å². The Morgan fingerprint density at radius 2 is 1.03 bits per heavy atom. The summed E-state index contributed by atoms with van der Waals surface area (Å²) in [6.45, 7) is 14.6. The number of nitrogens with one attached hydrogen (secondary N) is 3. The molecular formula is C58H64ClKN14O3. The maximum Gasteiger partial charge on any atom is 1.00 e. The van der Waals surface area contributed by atoms with Gasteiger partial charge in [-0.05, 0) is 147 Å². The molecule has 8 aromatic rings. The maximum atomic E-state index is 12.9. The Labute approximate surface area is 498 Å². The molecule has 0 bridgehead atoms. The minimum absolute atomic E-state index is 0. The van der Waals surface area contributed by atoms with Crippen molar-refractivity contribution in [3.63, 3.8) is 0 Å². The van der Waals surface area contributed by atoms with Gasteiger partial charge < -0.3 is 37.0 Å². The van der Waals surface area contributed by atoms with E-state index < -0.39 is 5.24 Å². The van der Waals surface area contributed by atoms with Crippen molar-refractivity contribution < 1.29 is 66.4 Å². The Morgan fingerprint density at radius 3 is 1.48 bits per heavy atom. The van der Waals surface area contributed by atoms with Crippen LogP contribution in [0.2, 0.25) is 0 Å². The molecule has 4 aromatic carbocycles. The number of halogens is 1. The van der Waals surface area contributed by atoms with Gasteiger partial charge in [0.2, 0.25) is 11.9 Å². The molecule has 0 radical (unpaired) electrons. The van der Waals surface area contributed by atoms with E-state index >= 15 is 0 Å². The van der Waals surface area contributed by atoms with Crippen molar-refractivity contribution in [2.24, 2.45) is 0 Å². The van der Waals surface area contributed by atoms with E-state index in [0.29, 0.717) is 34.4 Å². The van der Waals surface area contributed by atoms with Crippen molar-refractivity contribution in [2.45, 2.75) is 26.9 Å². The van der Waals surface area contributed by atoms with Crippen molar-refractivity contribution >= 4 is 57.4 Å². The van der Waals surface area contributed by atoms with Crippen LogP contribution in [0, 0.1) is 13.8 Å². The Morgan fingerprint density at radius 1 is 0.571 bits per heavy atom. The van der Waals surface area contributed by atoms with Crippen LogP contribution in [0.5, 0.6) is 0 Å². The zero-order valence-electron chi connectivity index (χ0n) is 44.3. The fraction of sp³-hybridized carbons (Fsp3) is 0.241. The minimum atomic E-state index is -0.392. The summed E-state index contributed by atoms with van der Waals surface area (Å²) in [5.74, 6) is 0.865. The zero-order valence-corrected chi connectivity index (χ0v) is 48.2. The van der Waals surface area contributed by atoms with Crippen molar-refractivity contribution in [2.75, 3.05) is 88.1 Å². The van der Waals surface area contributed by atoms with Crippen molar-refractivity contribution in [3.8, 4) is 22.5 Å². The molecule has 392 valence electrons. The van der Waals surface area contributed by atoms with Crippen LogP contribution in [-0.2, 0) is 13.1 Å². The normalized spacial score (nSPS) is 13.7. The van der Waals surface area contributed by atoms with E-state index in [1.54, 1.807) is 49.3 Å². The van der Waals surface area contributed by atoms with Gasteiger partial charge in [0.05, 0.1) is 11.4 Å². The third kappa shape index (κ3) is 18.4. The number of piperazine rings is 2. The summed E-state index contributed by atoms with van der Waals surface area (Å²) in [6.07, 6.45) is 10.4. The van der Waals surface area contributed by atoms with Gasteiger partial charge in [-0.1, -0.05) is 36.4 Å². The molecule has 19 heteroatoms. The minimum Gasteiger partial charge on any atom is -0.870 e. The number of nitrogen functional groups attached to an aromatic ring is 1. The first-order chi connectivity index (χ1) is 36.4. The fourth-order valence-corrected chi connectivity index (χ4v) is 8.40. The number of aryl methyl sites for hydroxylation is 2. The van der Waals surface area contributed by atoms with Gasteiger partial charge in [0.15, 0.2) is 0 Å². The topological polar surface area (TPSA) is 217 Å². The molecule has 1 amide bonds. The molecule has 77 heavy (non-hydrogen) atoms. The largest absolute Gasteiger partial charge is 1.00 e. The molecule has 4 aromatic heterocycles. The number of amides is 1.